The summed E-state index contributed by atoms with van der Waals surface area (Å²) in [5, 5.41) is 8.82. The van der Waals surface area contributed by atoms with E-state index in [1.54, 1.807) is 12.6 Å². The molecule has 1 aromatic heterocycles. The number of hydrogen-bond acceptors (Lipinski definition) is 4. The molecule has 0 aliphatic carbocycles. The molecule has 19 heavy (non-hydrogen) atoms. The number of carbonyl (C=O) groups is 2. The Kier molecular flexibility index (Phi) is 5.75. The number of nitrogens with zero attached hydrogens (tertiary/aromatic N) is 3. The third kappa shape index (κ3) is 4.51. The van der Waals surface area contributed by atoms with Gasteiger partial charge in [-0.1, -0.05) is 6.92 Å². The van der Waals surface area contributed by atoms with Crippen molar-refractivity contribution in [3.05, 3.63) is 16.1 Å². The van der Waals surface area contributed by atoms with Gasteiger partial charge in [0.15, 0.2) is 0 Å². The van der Waals surface area contributed by atoms with Crippen LogP contribution in [0, 0.1) is 6.92 Å². The molecule has 1 heterocycles. The normalized spacial score (nSPS) is 10.3. The molecule has 0 spiro atoms. The summed E-state index contributed by atoms with van der Waals surface area (Å²) in [5.74, 6) is -0.996. The smallest absolute Gasteiger partial charge is 0.323 e. The molecule has 2 amide bonds. The Labute approximate surface area is 116 Å². The van der Waals surface area contributed by atoms with Crippen LogP contribution in [0.15, 0.2) is 5.51 Å². The fourth-order valence-electron chi connectivity index (χ4n) is 1.68. The molecule has 7 heteroatoms. The minimum Gasteiger partial charge on any atom is -0.480 e. The van der Waals surface area contributed by atoms with Crippen molar-refractivity contribution in [3.8, 4) is 0 Å². The monoisotopic (exact) mass is 285 g/mol. The minimum absolute atomic E-state index is 0.265. The molecule has 0 atom stereocenters. The Morgan fingerprint density at radius 1 is 1.47 bits per heavy atom. The van der Waals surface area contributed by atoms with E-state index in [-0.39, 0.29) is 12.6 Å². The number of carbonyl (C=O) groups excluding carboxylic acids is 1. The van der Waals surface area contributed by atoms with Crippen LogP contribution in [0.5, 0.6) is 0 Å². The van der Waals surface area contributed by atoms with Crippen LogP contribution in [-0.2, 0) is 11.3 Å². The van der Waals surface area contributed by atoms with Gasteiger partial charge in [-0.05, 0) is 13.3 Å². The molecule has 1 rings (SSSR count). The summed E-state index contributed by atoms with van der Waals surface area (Å²) >= 11 is 1.49. The Morgan fingerprint density at radius 2 is 2.16 bits per heavy atom. The highest BCUT2D eigenvalue weighted by atomic mass is 32.1. The van der Waals surface area contributed by atoms with Crippen molar-refractivity contribution in [1.82, 2.24) is 14.8 Å². The largest absolute Gasteiger partial charge is 0.480 e. The van der Waals surface area contributed by atoms with E-state index in [4.69, 9.17) is 5.11 Å². The van der Waals surface area contributed by atoms with Crippen molar-refractivity contribution in [3.63, 3.8) is 0 Å². The molecule has 6 nitrogen and oxygen atoms in total. The number of aliphatic carboxylic acids is 1. The first-order valence-corrected chi connectivity index (χ1v) is 6.94. The van der Waals surface area contributed by atoms with Gasteiger partial charge < -0.3 is 14.9 Å². The maximum atomic E-state index is 12.2. The lowest BCUT2D eigenvalue weighted by atomic mass is 10.3. The molecule has 0 aliphatic heterocycles. The molecule has 0 aromatic carbocycles. The molecule has 106 valence electrons. The maximum absolute atomic E-state index is 12.2. The first kappa shape index (κ1) is 15.4. The lowest BCUT2D eigenvalue weighted by Gasteiger charge is -2.26. The highest BCUT2D eigenvalue weighted by Crippen LogP contribution is 2.15. The van der Waals surface area contributed by atoms with Crippen LogP contribution in [0.2, 0.25) is 0 Å². The Balaban J connectivity index is 2.67. The first-order valence-electron chi connectivity index (χ1n) is 6.06. The number of aromatic nitrogens is 1. The van der Waals surface area contributed by atoms with Gasteiger partial charge in [-0.25, -0.2) is 9.78 Å². The van der Waals surface area contributed by atoms with Gasteiger partial charge in [0, 0.05) is 18.5 Å². The van der Waals surface area contributed by atoms with E-state index in [0.717, 1.165) is 17.0 Å². The Hall–Kier alpha value is -1.63. The van der Waals surface area contributed by atoms with Crippen molar-refractivity contribution in [2.45, 2.75) is 26.8 Å². The second kappa shape index (κ2) is 7.08. The third-order valence-electron chi connectivity index (χ3n) is 2.64. The molecule has 0 saturated heterocycles. The summed E-state index contributed by atoms with van der Waals surface area (Å²) in [7, 11) is 1.67. The molecule has 0 aliphatic rings. The lowest BCUT2D eigenvalue weighted by molar-refractivity contribution is -0.137. The molecular formula is C12H19N3O3S. The Bertz CT molecular complexity index is 447. The predicted molar refractivity (Wildman–Crippen MR) is 73.2 cm³/mol. The average molecular weight is 285 g/mol. The van der Waals surface area contributed by atoms with E-state index in [0.29, 0.717) is 13.1 Å². The van der Waals surface area contributed by atoms with Crippen molar-refractivity contribution < 1.29 is 14.7 Å². The van der Waals surface area contributed by atoms with Crippen molar-refractivity contribution in [2.24, 2.45) is 0 Å². The summed E-state index contributed by atoms with van der Waals surface area (Å²) < 4.78 is 0. The molecular weight excluding hydrogens is 266 g/mol. The molecule has 0 fully saturated rings. The van der Waals surface area contributed by atoms with E-state index < -0.39 is 5.97 Å². The van der Waals surface area contributed by atoms with Crippen LogP contribution in [0.4, 0.5) is 4.79 Å². The van der Waals surface area contributed by atoms with Crippen LogP contribution >= 0.6 is 11.3 Å². The van der Waals surface area contributed by atoms with Gasteiger partial charge in [0.1, 0.15) is 6.54 Å². The van der Waals surface area contributed by atoms with E-state index in [9.17, 15) is 9.59 Å². The molecule has 0 unspecified atom stereocenters. The Morgan fingerprint density at radius 3 is 2.63 bits per heavy atom. The lowest BCUT2D eigenvalue weighted by Crippen LogP contribution is -2.43. The second-order valence-electron chi connectivity index (χ2n) is 4.31. The van der Waals surface area contributed by atoms with Crippen LogP contribution in [-0.4, -0.2) is 52.0 Å². The SMILES string of the molecule is CCCN(CC(=O)O)C(=O)N(C)Cc1scnc1C. The molecule has 0 radical (unpaired) electrons. The second-order valence-corrected chi connectivity index (χ2v) is 5.25. The predicted octanol–water partition coefficient (Wildman–Crippen LogP) is 1.80. The van der Waals surface area contributed by atoms with Gasteiger partial charge in [-0.15, -0.1) is 11.3 Å². The fraction of sp³-hybridized carbons (Fsp3) is 0.583. The maximum Gasteiger partial charge on any atom is 0.323 e. The summed E-state index contributed by atoms with van der Waals surface area (Å²) in [6.45, 7) is 4.44. The van der Waals surface area contributed by atoms with Gasteiger partial charge in [0.25, 0.3) is 0 Å². The zero-order chi connectivity index (χ0) is 14.4. The van der Waals surface area contributed by atoms with Gasteiger partial charge in [-0.2, -0.15) is 0 Å². The van der Waals surface area contributed by atoms with Gasteiger partial charge >= 0.3 is 12.0 Å². The van der Waals surface area contributed by atoms with Crippen molar-refractivity contribution >= 4 is 23.3 Å². The van der Waals surface area contributed by atoms with Crippen LogP contribution in [0.25, 0.3) is 0 Å². The number of carboxylic acid groups (broad SMARTS) is 1. The zero-order valence-corrected chi connectivity index (χ0v) is 12.2. The quantitative estimate of drug-likeness (QED) is 0.865. The summed E-state index contributed by atoms with van der Waals surface area (Å²) in [6, 6.07) is -0.267. The highest BCUT2D eigenvalue weighted by Gasteiger charge is 2.20. The fourth-order valence-corrected chi connectivity index (χ4v) is 2.51. The molecule has 0 bridgehead atoms. The summed E-state index contributed by atoms with van der Waals surface area (Å²) in [5.41, 5.74) is 2.65. The van der Waals surface area contributed by atoms with Crippen molar-refractivity contribution in [1.29, 1.82) is 0 Å². The van der Waals surface area contributed by atoms with Gasteiger partial charge in [0.2, 0.25) is 0 Å². The standard InChI is InChI=1S/C12H19N3O3S/c1-4-5-15(7-11(16)17)12(18)14(3)6-10-9(2)13-8-19-10/h8H,4-7H2,1-3H3,(H,16,17). The molecule has 1 aromatic rings. The van der Waals surface area contributed by atoms with Gasteiger partial charge in [0.05, 0.1) is 17.7 Å². The first-order chi connectivity index (χ1) is 8.95. The number of amides is 2. The van der Waals surface area contributed by atoms with E-state index in [1.165, 1.54) is 21.1 Å². The number of urea groups is 1. The molecule has 1 N–H and O–H groups in total. The van der Waals surface area contributed by atoms with E-state index >= 15 is 0 Å². The summed E-state index contributed by atoms with van der Waals surface area (Å²) in [6.07, 6.45) is 0.729. The van der Waals surface area contributed by atoms with Crippen LogP contribution in [0.1, 0.15) is 23.9 Å². The number of aryl methyl sites for hydroxylation is 1. The zero-order valence-electron chi connectivity index (χ0n) is 11.4. The van der Waals surface area contributed by atoms with Gasteiger partial charge in [-0.3, -0.25) is 4.79 Å². The minimum atomic E-state index is -0.996. The average Bonchev–Trinajstić information content (AvgIpc) is 2.73. The number of hydrogen-bond donors (Lipinski definition) is 1. The van der Waals surface area contributed by atoms with Crippen LogP contribution in [0.3, 0.4) is 0 Å². The molecule has 0 saturated carbocycles. The van der Waals surface area contributed by atoms with Crippen molar-refractivity contribution in [2.75, 3.05) is 20.1 Å². The topological polar surface area (TPSA) is 73.7 Å². The number of carboxylic acids is 1. The number of rotatable bonds is 6. The van der Waals surface area contributed by atoms with Crippen LogP contribution < -0.4 is 0 Å². The third-order valence-corrected chi connectivity index (χ3v) is 3.56. The van der Waals surface area contributed by atoms with E-state index in [2.05, 4.69) is 4.98 Å². The van der Waals surface area contributed by atoms with E-state index in [1.807, 2.05) is 13.8 Å². The highest BCUT2D eigenvalue weighted by molar-refractivity contribution is 7.09. The number of thiazole rings is 1. The summed E-state index contributed by atoms with van der Waals surface area (Å²) in [4.78, 5) is 31.0.